The third-order valence-electron chi connectivity index (χ3n) is 4.28. The first-order valence-corrected chi connectivity index (χ1v) is 8.00. The monoisotopic (exact) mass is 343 g/mol. The number of hydrogen-bond donors (Lipinski definition) is 1. The Balaban J connectivity index is 1.96. The molecule has 1 aliphatic heterocycles. The zero-order chi connectivity index (χ0) is 17.9. The van der Waals surface area contributed by atoms with Crippen LogP contribution in [0.5, 0.6) is 0 Å². The summed E-state index contributed by atoms with van der Waals surface area (Å²) in [6.07, 6.45) is 1.56. The Hall–Kier alpha value is -2.03. The highest BCUT2D eigenvalue weighted by molar-refractivity contribution is 5.92. The summed E-state index contributed by atoms with van der Waals surface area (Å²) in [5, 5.41) is 6.31. The molecule has 1 aromatic heterocycles. The second-order valence-corrected chi connectivity index (χ2v) is 5.83. The molecule has 0 aliphatic carbocycles. The highest BCUT2D eigenvalue weighted by Crippen LogP contribution is 2.19. The van der Waals surface area contributed by atoms with Gasteiger partial charge in [-0.1, -0.05) is 0 Å². The average Bonchev–Trinajstić information content (AvgIpc) is 3.15. The molecule has 2 amide bonds. The molecule has 0 radical (unpaired) electrons. The van der Waals surface area contributed by atoms with Crippen LogP contribution in [-0.2, 0) is 4.79 Å². The number of nitrogens with zero attached hydrogens (tertiary/aromatic N) is 4. The molecule has 7 nitrogen and oxygen atoms in total. The van der Waals surface area contributed by atoms with Gasteiger partial charge in [0.15, 0.2) is 0 Å². The molecule has 0 unspecified atom stereocenters. The molecule has 9 heteroatoms. The van der Waals surface area contributed by atoms with Gasteiger partial charge in [-0.2, -0.15) is 13.9 Å². The molecule has 0 bridgehead atoms. The summed E-state index contributed by atoms with van der Waals surface area (Å²) in [5.41, 5.74) is -0.0588. The molecule has 1 aromatic rings. The molecule has 0 aromatic carbocycles. The second-order valence-electron chi connectivity index (χ2n) is 5.83. The van der Waals surface area contributed by atoms with Gasteiger partial charge in [-0.3, -0.25) is 14.5 Å². The van der Waals surface area contributed by atoms with Crippen molar-refractivity contribution in [3.05, 3.63) is 18.0 Å². The molecule has 0 spiro atoms. The number of carbonyl (C=O) groups is 2. The third-order valence-corrected chi connectivity index (χ3v) is 4.28. The minimum Gasteiger partial charge on any atom is -0.347 e. The zero-order valence-corrected chi connectivity index (χ0v) is 14.1. The Labute approximate surface area is 139 Å². The van der Waals surface area contributed by atoms with Gasteiger partial charge >= 0.3 is 6.55 Å². The van der Waals surface area contributed by atoms with Crippen molar-refractivity contribution < 1.29 is 18.4 Å². The number of likely N-dealkylation sites (N-methyl/N-ethyl adjacent to an activating group) is 2. The Bertz CT molecular complexity index is 588. The molecule has 1 fully saturated rings. The van der Waals surface area contributed by atoms with E-state index < -0.39 is 12.5 Å². The van der Waals surface area contributed by atoms with Crippen molar-refractivity contribution in [1.29, 1.82) is 0 Å². The number of alkyl halides is 2. The van der Waals surface area contributed by atoms with E-state index >= 15 is 0 Å². The SMILES string of the molecule is CCN(CC)C(=O)[C@@H]1C[C@@H](NC(=O)c2ccn(C(F)F)n2)CN1C. The topological polar surface area (TPSA) is 70.5 Å². The van der Waals surface area contributed by atoms with Gasteiger partial charge < -0.3 is 10.2 Å². The van der Waals surface area contributed by atoms with Gasteiger partial charge in [0, 0.05) is 31.9 Å². The van der Waals surface area contributed by atoms with Crippen molar-refractivity contribution in [3.8, 4) is 0 Å². The van der Waals surface area contributed by atoms with Crippen LogP contribution < -0.4 is 5.32 Å². The first-order chi connectivity index (χ1) is 11.4. The van der Waals surface area contributed by atoms with Gasteiger partial charge in [0.1, 0.15) is 5.69 Å². The standard InChI is InChI=1S/C15H23F2N5O2/c1-4-21(5-2)14(24)12-8-10(9-20(12)3)18-13(23)11-6-7-22(19-11)15(16)17/h6-7,10,12,15H,4-5,8-9H2,1-3H3,(H,18,23)/t10-,12+/m1/s1. The molecule has 24 heavy (non-hydrogen) atoms. The first kappa shape index (κ1) is 18.3. The molecule has 1 N–H and O–H groups in total. The number of likely N-dealkylation sites (tertiary alicyclic amines) is 1. The summed E-state index contributed by atoms with van der Waals surface area (Å²) < 4.78 is 25.4. The van der Waals surface area contributed by atoms with E-state index in [1.54, 1.807) is 4.90 Å². The number of halogens is 2. The van der Waals surface area contributed by atoms with Gasteiger partial charge in [-0.15, -0.1) is 0 Å². The van der Waals surface area contributed by atoms with Crippen LogP contribution in [0.25, 0.3) is 0 Å². The van der Waals surface area contributed by atoms with Crippen molar-refractivity contribution in [2.45, 2.75) is 38.9 Å². The van der Waals surface area contributed by atoms with Crippen molar-refractivity contribution in [3.63, 3.8) is 0 Å². The van der Waals surface area contributed by atoms with Crippen molar-refractivity contribution >= 4 is 11.8 Å². The van der Waals surface area contributed by atoms with Gasteiger partial charge in [0.05, 0.1) is 6.04 Å². The zero-order valence-electron chi connectivity index (χ0n) is 14.1. The lowest BCUT2D eigenvalue weighted by Gasteiger charge is -2.26. The minimum absolute atomic E-state index is 0.0428. The maximum Gasteiger partial charge on any atom is 0.333 e. The van der Waals surface area contributed by atoms with Crippen LogP contribution in [0.1, 0.15) is 37.3 Å². The maximum atomic E-state index is 12.5. The molecule has 2 rings (SSSR count). The Morgan fingerprint density at radius 2 is 2.08 bits per heavy atom. The van der Waals surface area contributed by atoms with E-state index in [0.717, 1.165) is 6.20 Å². The van der Waals surface area contributed by atoms with E-state index in [9.17, 15) is 18.4 Å². The first-order valence-electron chi connectivity index (χ1n) is 8.00. The number of hydrogen-bond acceptors (Lipinski definition) is 4. The fourth-order valence-corrected chi connectivity index (χ4v) is 2.97. The van der Waals surface area contributed by atoms with E-state index in [4.69, 9.17) is 0 Å². The number of amides is 2. The maximum absolute atomic E-state index is 12.5. The van der Waals surface area contributed by atoms with E-state index in [-0.39, 0.29) is 23.7 Å². The predicted molar refractivity (Wildman–Crippen MR) is 83.7 cm³/mol. The molecule has 2 heterocycles. The lowest BCUT2D eigenvalue weighted by Crippen LogP contribution is -2.44. The molecule has 1 aliphatic rings. The third kappa shape index (κ3) is 3.89. The van der Waals surface area contributed by atoms with Gasteiger partial charge in [-0.05, 0) is 33.4 Å². The lowest BCUT2D eigenvalue weighted by atomic mass is 10.1. The van der Waals surface area contributed by atoms with Gasteiger partial charge in [-0.25, -0.2) is 4.68 Å². The summed E-state index contributed by atoms with van der Waals surface area (Å²) in [5.74, 6) is -0.468. The van der Waals surface area contributed by atoms with Crippen LogP contribution in [0, 0.1) is 0 Å². The quantitative estimate of drug-likeness (QED) is 0.835. The Kier molecular flexibility index (Phi) is 5.87. The smallest absolute Gasteiger partial charge is 0.333 e. The van der Waals surface area contributed by atoms with E-state index in [0.29, 0.717) is 30.7 Å². The summed E-state index contributed by atoms with van der Waals surface area (Å²) in [6.45, 7) is 2.88. The van der Waals surface area contributed by atoms with Gasteiger partial charge in [0.25, 0.3) is 5.91 Å². The van der Waals surface area contributed by atoms with Crippen molar-refractivity contribution in [1.82, 2.24) is 24.9 Å². The highest BCUT2D eigenvalue weighted by atomic mass is 19.3. The van der Waals surface area contributed by atoms with Crippen molar-refractivity contribution in [2.24, 2.45) is 0 Å². The van der Waals surface area contributed by atoms with Crippen LogP contribution in [0.4, 0.5) is 8.78 Å². The normalized spacial score (nSPS) is 21.2. The molecular weight excluding hydrogens is 320 g/mol. The number of aromatic nitrogens is 2. The molecule has 134 valence electrons. The summed E-state index contributed by atoms with van der Waals surface area (Å²) in [4.78, 5) is 28.3. The van der Waals surface area contributed by atoms with Crippen LogP contribution >= 0.6 is 0 Å². The van der Waals surface area contributed by atoms with Crippen LogP contribution in [0.15, 0.2) is 12.3 Å². The van der Waals surface area contributed by atoms with Gasteiger partial charge in [0.2, 0.25) is 5.91 Å². The van der Waals surface area contributed by atoms with E-state index in [2.05, 4.69) is 10.4 Å². The minimum atomic E-state index is -2.78. The average molecular weight is 343 g/mol. The number of carbonyl (C=O) groups excluding carboxylic acids is 2. The van der Waals surface area contributed by atoms with Crippen LogP contribution in [0.3, 0.4) is 0 Å². The Morgan fingerprint density at radius 1 is 1.42 bits per heavy atom. The van der Waals surface area contributed by atoms with E-state index in [1.807, 2.05) is 25.8 Å². The molecular formula is C15H23F2N5O2. The molecule has 0 saturated carbocycles. The predicted octanol–water partition coefficient (Wildman–Crippen LogP) is 0.949. The number of nitrogens with one attached hydrogen (secondary N) is 1. The second kappa shape index (κ2) is 7.69. The summed E-state index contributed by atoms with van der Waals surface area (Å²) in [6, 6.07) is 0.746. The summed E-state index contributed by atoms with van der Waals surface area (Å²) in [7, 11) is 1.84. The molecule has 1 saturated heterocycles. The fourth-order valence-electron chi connectivity index (χ4n) is 2.97. The fraction of sp³-hybridized carbons (Fsp3) is 0.667. The molecule has 2 atom stereocenters. The van der Waals surface area contributed by atoms with Crippen LogP contribution in [-0.4, -0.2) is 70.2 Å². The highest BCUT2D eigenvalue weighted by Gasteiger charge is 2.37. The lowest BCUT2D eigenvalue weighted by molar-refractivity contribution is -0.135. The Morgan fingerprint density at radius 3 is 2.62 bits per heavy atom. The largest absolute Gasteiger partial charge is 0.347 e. The number of rotatable bonds is 6. The summed E-state index contributed by atoms with van der Waals surface area (Å²) >= 11 is 0. The van der Waals surface area contributed by atoms with Crippen molar-refractivity contribution in [2.75, 3.05) is 26.7 Å². The van der Waals surface area contributed by atoms with Crippen LogP contribution in [0.2, 0.25) is 0 Å². The van der Waals surface area contributed by atoms with E-state index in [1.165, 1.54) is 6.07 Å².